The highest BCUT2D eigenvalue weighted by atomic mass is 16.6. The predicted molar refractivity (Wildman–Crippen MR) is 125 cm³/mol. The fourth-order valence-electron chi connectivity index (χ4n) is 5.60. The zero-order chi connectivity index (χ0) is 25.3. The molecule has 0 radical (unpaired) electrons. The molecule has 4 aliphatic rings. The number of aliphatic hydroxyl groups excluding tert-OH is 1. The molecule has 6 atom stereocenters. The van der Waals surface area contributed by atoms with Gasteiger partial charge in [-0.05, 0) is 33.6 Å². The first-order valence-corrected chi connectivity index (χ1v) is 12.4. The average molecular weight is 490 g/mol. The molecule has 2 saturated heterocycles. The number of carbonyl (C=O) groups excluding carboxylic acids is 4. The van der Waals surface area contributed by atoms with Crippen molar-refractivity contribution in [1.29, 1.82) is 0 Å². The van der Waals surface area contributed by atoms with Crippen molar-refractivity contribution in [2.45, 2.75) is 69.9 Å². The van der Waals surface area contributed by atoms with E-state index in [0.29, 0.717) is 19.4 Å². The van der Waals surface area contributed by atoms with Crippen LogP contribution in [-0.4, -0.2) is 94.7 Å². The molecule has 1 spiro atoms. The van der Waals surface area contributed by atoms with Gasteiger partial charge < -0.3 is 29.7 Å². The summed E-state index contributed by atoms with van der Waals surface area (Å²) < 4.78 is 11.9. The number of likely N-dealkylation sites (tertiary alicyclic amines) is 1. The minimum Gasteiger partial charge on any atom is -0.460 e. The number of esters is 1. The molecule has 2 N–H and O–H groups in total. The van der Waals surface area contributed by atoms with Crippen LogP contribution in [0.5, 0.6) is 0 Å². The summed E-state index contributed by atoms with van der Waals surface area (Å²) in [5, 5.41) is 12.2. The van der Waals surface area contributed by atoms with Gasteiger partial charge >= 0.3 is 5.97 Å². The Morgan fingerprint density at radius 3 is 2.69 bits per heavy atom. The van der Waals surface area contributed by atoms with Gasteiger partial charge in [0.1, 0.15) is 23.7 Å². The Balaban J connectivity index is 1.74. The van der Waals surface area contributed by atoms with E-state index in [4.69, 9.17) is 9.47 Å². The largest absolute Gasteiger partial charge is 0.460 e. The summed E-state index contributed by atoms with van der Waals surface area (Å²) in [6.45, 7) is 6.00. The van der Waals surface area contributed by atoms with Gasteiger partial charge in [0.05, 0.1) is 18.6 Å². The first kappa shape index (κ1) is 25.4. The van der Waals surface area contributed by atoms with E-state index in [1.54, 1.807) is 24.0 Å². The van der Waals surface area contributed by atoms with Crippen molar-refractivity contribution in [1.82, 2.24) is 15.1 Å². The number of nitrogens with zero attached hydrogens (tertiary/aromatic N) is 2. The topological polar surface area (TPSA) is 125 Å². The van der Waals surface area contributed by atoms with Crippen LogP contribution in [0.15, 0.2) is 24.3 Å². The second-order valence-electron chi connectivity index (χ2n) is 9.96. The number of rotatable bonds is 4. The Bertz CT molecular complexity index is 932. The molecule has 10 heteroatoms. The maximum atomic E-state index is 14.0. The molecule has 2 fully saturated rings. The quantitative estimate of drug-likeness (QED) is 0.425. The van der Waals surface area contributed by atoms with Crippen LogP contribution in [-0.2, 0) is 28.7 Å². The average Bonchev–Trinajstić information content (AvgIpc) is 3.44. The molecule has 0 saturated carbocycles. The van der Waals surface area contributed by atoms with Gasteiger partial charge in [-0.3, -0.25) is 19.2 Å². The van der Waals surface area contributed by atoms with Gasteiger partial charge in [0.15, 0.2) is 0 Å². The fourth-order valence-corrected chi connectivity index (χ4v) is 5.60. The lowest BCUT2D eigenvalue weighted by atomic mass is 9.74. The van der Waals surface area contributed by atoms with Crippen LogP contribution in [0.1, 0.15) is 40.0 Å². The van der Waals surface area contributed by atoms with Gasteiger partial charge in [-0.2, -0.15) is 0 Å². The zero-order valence-electron chi connectivity index (χ0n) is 20.5. The third kappa shape index (κ3) is 4.49. The number of allylic oxidation sites excluding steroid dienone is 1. The van der Waals surface area contributed by atoms with E-state index in [2.05, 4.69) is 5.32 Å². The van der Waals surface area contributed by atoms with E-state index in [1.807, 2.05) is 26.0 Å². The third-order valence-corrected chi connectivity index (χ3v) is 7.25. The Morgan fingerprint density at radius 1 is 1.20 bits per heavy atom. The van der Waals surface area contributed by atoms with E-state index >= 15 is 0 Å². The summed E-state index contributed by atoms with van der Waals surface area (Å²) in [6, 6.07) is -1.11. The number of fused-ring (bicyclic) bond motifs is 2. The van der Waals surface area contributed by atoms with Crippen molar-refractivity contribution in [2.24, 2.45) is 11.8 Å². The summed E-state index contributed by atoms with van der Waals surface area (Å²) in [5.41, 5.74) is -1.26. The molecule has 192 valence electrons. The van der Waals surface area contributed by atoms with E-state index in [1.165, 1.54) is 4.90 Å². The number of cyclic esters (lactones) is 1. The molecule has 0 aliphatic carbocycles. The normalized spacial score (nSPS) is 36.5. The molecule has 3 amide bonds. The summed E-state index contributed by atoms with van der Waals surface area (Å²) in [6.07, 6.45) is 7.06. The number of aliphatic hydroxyl groups is 1. The first-order chi connectivity index (χ1) is 16.7. The zero-order valence-corrected chi connectivity index (χ0v) is 20.5. The molecule has 4 aliphatic heterocycles. The minimum atomic E-state index is -1.26. The summed E-state index contributed by atoms with van der Waals surface area (Å²) in [4.78, 5) is 56.2. The Labute approximate surface area is 205 Å². The molecule has 4 rings (SSSR count). The number of nitrogens with one attached hydrogen (secondary N) is 1. The Kier molecular flexibility index (Phi) is 7.32. The molecule has 0 aromatic rings. The monoisotopic (exact) mass is 489 g/mol. The lowest BCUT2D eigenvalue weighted by Crippen LogP contribution is -2.57. The van der Waals surface area contributed by atoms with Crippen molar-refractivity contribution in [3.8, 4) is 0 Å². The second kappa shape index (κ2) is 10.1. The van der Waals surface area contributed by atoms with E-state index in [0.717, 1.165) is 0 Å². The van der Waals surface area contributed by atoms with Crippen LogP contribution >= 0.6 is 0 Å². The minimum absolute atomic E-state index is 0.132. The van der Waals surface area contributed by atoms with Gasteiger partial charge in [0.25, 0.3) is 0 Å². The standard InChI is InChI=1S/C25H35N3O7/c1-15(2)27-11-6-4-5-8-18(30)26-14-16(3)34-24(33)19-17-9-10-25(35-17)20(19)22(31)28(12-7-13-29)21(25)23(27)32/h4,6,9-10,15-17,19-21,29H,5,7-8,11-14H2,1-3H3,(H,26,30)/b6-4-/t16-,17+,19-,20-,21+,25-/m1/s1. The molecule has 35 heavy (non-hydrogen) atoms. The lowest BCUT2D eigenvalue weighted by Gasteiger charge is -2.37. The molecular weight excluding hydrogens is 454 g/mol. The van der Waals surface area contributed by atoms with Crippen LogP contribution < -0.4 is 5.32 Å². The van der Waals surface area contributed by atoms with Gasteiger partial charge in [-0.15, -0.1) is 0 Å². The molecule has 5 bridgehead atoms. The number of hydrogen-bond acceptors (Lipinski definition) is 7. The number of carbonyl (C=O) groups is 4. The van der Waals surface area contributed by atoms with Crippen LogP contribution in [0.2, 0.25) is 0 Å². The second-order valence-corrected chi connectivity index (χ2v) is 9.96. The fraction of sp³-hybridized carbons (Fsp3) is 0.680. The van der Waals surface area contributed by atoms with Gasteiger partial charge in [0, 0.05) is 32.2 Å². The molecular formula is C25H35N3O7. The van der Waals surface area contributed by atoms with Crippen molar-refractivity contribution >= 4 is 23.7 Å². The Hall–Kier alpha value is -2.72. The molecule has 4 heterocycles. The highest BCUT2D eigenvalue weighted by Gasteiger charge is 2.73. The molecule has 10 nitrogen and oxygen atoms in total. The van der Waals surface area contributed by atoms with Crippen LogP contribution in [0.25, 0.3) is 0 Å². The number of amides is 3. The van der Waals surface area contributed by atoms with Crippen LogP contribution in [0, 0.1) is 11.8 Å². The van der Waals surface area contributed by atoms with Gasteiger partial charge in [-0.1, -0.05) is 24.3 Å². The Morgan fingerprint density at radius 2 is 1.97 bits per heavy atom. The smallest absolute Gasteiger partial charge is 0.313 e. The predicted octanol–water partition coefficient (Wildman–Crippen LogP) is 0.154. The maximum absolute atomic E-state index is 14.0. The van der Waals surface area contributed by atoms with E-state index < -0.39 is 41.7 Å². The SMILES string of the molecule is CC(C)N1C/C=C\CCC(=O)NC[C@@H](C)OC(=O)[C@@H]2[C@@H]3C=C[C@]4(O3)[C@H](C1=O)N(CCCO)C(=O)[C@@H]24. The van der Waals surface area contributed by atoms with E-state index in [9.17, 15) is 24.3 Å². The van der Waals surface area contributed by atoms with Gasteiger partial charge in [0.2, 0.25) is 17.7 Å². The maximum Gasteiger partial charge on any atom is 0.313 e. The molecule has 0 aromatic heterocycles. The van der Waals surface area contributed by atoms with Gasteiger partial charge in [-0.25, -0.2) is 0 Å². The number of ether oxygens (including phenoxy) is 2. The number of hydrogen-bond donors (Lipinski definition) is 2. The van der Waals surface area contributed by atoms with Crippen molar-refractivity contribution < 1.29 is 33.8 Å². The highest BCUT2D eigenvalue weighted by molar-refractivity contribution is 5.99. The van der Waals surface area contributed by atoms with Crippen molar-refractivity contribution in [3.05, 3.63) is 24.3 Å². The van der Waals surface area contributed by atoms with E-state index in [-0.39, 0.29) is 49.9 Å². The summed E-state index contributed by atoms with van der Waals surface area (Å²) in [7, 11) is 0. The highest BCUT2D eigenvalue weighted by Crippen LogP contribution is 2.55. The molecule has 0 unspecified atom stereocenters. The van der Waals surface area contributed by atoms with Crippen LogP contribution in [0.3, 0.4) is 0 Å². The van der Waals surface area contributed by atoms with Crippen LogP contribution in [0.4, 0.5) is 0 Å². The summed E-state index contributed by atoms with van der Waals surface area (Å²) >= 11 is 0. The first-order valence-electron chi connectivity index (χ1n) is 12.4. The van der Waals surface area contributed by atoms with Crippen molar-refractivity contribution in [3.63, 3.8) is 0 Å². The molecule has 0 aromatic carbocycles. The van der Waals surface area contributed by atoms with Crippen molar-refractivity contribution in [2.75, 3.05) is 26.2 Å². The summed E-state index contributed by atoms with van der Waals surface area (Å²) in [5.74, 6) is -3.12. The third-order valence-electron chi connectivity index (χ3n) is 7.25. The lowest BCUT2D eigenvalue weighted by molar-refractivity contribution is -0.158.